The van der Waals surface area contributed by atoms with Crippen LogP contribution >= 0.6 is 11.8 Å². The maximum absolute atomic E-state index is 11.6. The van der Waals surface area contributed by atoms with E-state index in [1.165, 1.54) is 18.5 Å². The molecule has 1 aromatic heterocycles. The van der Waals surface area contributed by atoms with E-state index in [0.29, 0.717) is 17.7 Å². The van der Waals surface area contributed by atoms with Crippen LogP contribution in [0.3, 0.4) is 0 Å². The van der Waals surface area contributed by atoms with Gasteiger partial charge in [-0.2, -0.15) is 11.8 Å². The zero-order valence-corrected chi connectivity index (χ0v) is 11.0. The van der Waals surface area contributed by atoms with Gasteiger partial charge in [0.25, 0.3) is 11.2 Å². The average Bonchev–Trinajstić information content (AvgIpc) is 2.38. The van der Waals surface area contributed by atoms with Gasteiger partial charge in [0.2, 0.25) is 0 Å². The van der Waals surface area contributed by atoms with Crippen molar-refractivity contribution in [3.05, 3.63) is 38.9 Å². The number of thioether (sulfide) groups is 1. The Bertz CT molecular complexity index is 671. The summed E-state index contributed by atoms with van der Waals surface area (Å²) < 4.78 is 0. The van der Waals surface area contributed by atoms with Crippen LogP contribution in [0.25, 0.3) is 10.9 Å². The van der Waals surface area contributed by atoms with Crippen LogP contribution in [0.2, 0.25) is 0 Å². The van der Waals surface area contributed by atoms with Crippen molar-refractivity contribution in [3.8, 4) is 0 Å². The Morgan fingerprint density at radius 3 is 3.00 bits per heavy atom. The lowest BCUT2D eigenvalue weighted by atomic mass is 10.2. The van der Waals surface area contributed by atoms with Crippen molar-refractivity contribution in [2.24, 2.45) is 0 Å². The largest absolute Gasteiger partial charge is 0.379 e. The van der Waals surface area contributed by atoms with Crippen LogP contribution in [-0.4, -0.2) is 33.4 Å². The normalized spacial score (nSPS) is 10.6. The van der Waals surface area contributed by atoms with Crippen molar-refractivity contribution < 1.29 is 4.92 Å². The van der Waals surface area contributed by atoms with Gasteiger partial charge in [-0.15, -0.1) is 0 Å². The molecule has 1 aromatic carbocycles. The highest BCUT2D eigenvalue weighted by Gasteiger charge is 2.16. The van der Waals surface area contributed by atoms with Gasteiger partial charge in [0.1, 0.15) is 5.69 Å². The minimum absolute atomic E-state index is 0.118. The molecule has 0 aliphatic carbocycles. The molecule has 0 unspecified atom stereocenters. The summed E-state index contributed by atoms with van der Waals surface area (Å²) >= 11 is 1.64. The first kappa shape index (κ1) is 13.3. The van der Waals surface area contributed by atoms with Gasteiger partial charge in [0.15, 0.2) is 0 Å². The molecule has 0 fully saturated rings. The number of nitro groups is 1. The number of hydrogen-bond acceptors (Lipinski definition) is 6. The van der Waals surface area contributed by atoms with Gasteiger partial charge in [-0.1, -0.05) is 0 Å². The van der Waals surface area contributed by atoms with Crippen LogP contribution in [0.15, 0.2) is 23.3 Å². The van der Waals surface area contributed by atoms with E-state index in [-0.39, 0.29) is 16.6 Å². The molecule has 8 heteroatoms. The van der Waals surface area contributed by atoms with Crippen LogP contribution in [0.4, 0.5) is 11.4 Å². The maximum Gasteiger partial charge on any atom is 0.293 e. The van der Waals surface area contributed by atoms with Gasteiger partial charge < -0.3 is 10.3 Å². The maximum atomic E-state index is 11.6. The van der Waals surface area contributed by atoms with Gasteiger partial charge >= 0.3 is 0 Å². The molecule has 0 aliphatic rings. The predicted molar refractivity (Wildman–Crippen MR) is 75.9 cm³/mol. The highest BCUT2D eigenvalue weighted by atomic mass is 32.2. The van der Waals surface area contributed by atoms with Crippen molar-refractivity contribution in [2.45, 2.75) is 0 Å². The number of aromatic amines is 1. The molecule has 1 heterocycles. The lowest BCUT2D eigenvalue weighted by Gasteiger charge is -2.07. The Kier molecular flexibility index (Phi) is 4.00. The number of H-pyrrole nitrogens is 1. The lowest BCUT2D eigenvalue weighted by molar-refractivity contribution is -0.383. The number of hydrogen-bond donors (Lipinski definition) is 2. The smallest absolute Gasteiger partial charge is 0.293 e. The summed E-state index contributed by atoms with van der Waals surface area (Å²) in [5, 5.41) is 14.2. The van der Waals surface area contributed by atoms with Crippen molar-refractivity contribution in [1.29, 1.82) is 0 Å². The Morgan fingerprint density at radius 2 is 2.32 bits per heavy atom. The second kappa shape index (κ2) is 5.70. The fourth-order valence-corrected chi connectivity index (χ4v) is 1.99. The third kappa shape index (κ3) is 2.84. The molecule has 0 bridgehead atoms. The molecule has 7 nitrogen and oxygen atoms in total. The molecule has 0 aliphatic heterocycles. The Morgan fingerprint density at radius 1 is 1.53 bits per heavy atom. The Labute approximate surface area is 112 Å². The summed E-state index contributed by atoms with van der Waals surface area (Å²) in [7, 11) is 0. The highest BCUT2D eigenvalue weighted by molar-refractivity contribution is 7.98. The molecule has 0 saturated heterocycles. The molecule has 2 rings (SSSR count). The SMILES string of the molecule is CSCCNc1cc2nc[nH]c(=O)c2cc1[N+](=O)[O-]. The van der Waals surface area contributed by atoms with E-state index in [1.807, 2.05) is 6.26 Å². The number of aromatic nitrogens is 2. The van der Waals surface area contributed by atoms with Gasteiger partial charge in [-0.25, -0.2) is 4.98 Å². The Balaban J connectivity index is 2.52. The second-order valence-corrected chi connectivity index (χ2v) is 4.78. The molecule has 19 heavy (non-hydrogen) atoms. The van der Waals surface area contributed by atoms with Crippen molar-refractivity contribution >= 4 is 34.0 Å². The van der Waals surface area contributed by atoms with Crippen molar-refractivity contribution in [2.75, 3.05) is 23.9 Å². The van der Waals surface area contributed by atoms with E-state index >= 15 is 0 Å². The first-order valence-electron chi connectivity index (χ1n) is 5.52. The van der Waals surface area contributed by atoms with Gasteiger partial charge in [0, 0.05) is 18.4 Å². The molecule has 0 radical (unpaired) electrons. The number of benzene rings is 1. The van der Waals surface area contributed by atoms with Gasteiger partial charge in [-0.05, 0) is 12.3 Å². The summed E-state index contributed by atoms with van der Waals surface area (Å²) in [6.45, 7) is 0.608. The van der Waals surface area contributed by atoms with Crippen LogP contribution in [0, 0.1) is 10.1 Å². The quantitative estimate of drug-likeness (QED) is 0.490. The molecule has 100 valence electrons. The van der Waals surface area contributed by atoms with E-state index in [0.717, 1.165) is 5.75 Å². The monoisotopic (exact) mass is 280 g/mol. The zero-order valence-electron chi connectivity index (χ0n) is 10.2. The van der Waals surface area contributed by atoms with Crippen LogP contribution in [-0.2, 0) is 0 Å². The fraction of sp³-hybridized carbons (Fsp3) is 0.273. The number of anilines is 1. The van der Waals surface area contributed by atoms with E-state index in [9.17, 15) is 14.9 Å². The second-order valence-electron chi connectivity index (χ2n) is 3.79. The van der Waals surface area contributed by atoms with E-state index in [1.54, 1.807) is 11.8 Å². The number of nitrogens with one attached hydrogen (secondary N) is 2. The van der Waals surface area contributed by atoms with E-state index in [2.05, 4.69) is 15.3 Å². The minimum atomic E-state index is -0.507. The standard InChI is InChI=1S/C11H12N4O3S/c1-19-3-2-12-9-5-8-7(4-10(9)15(17)18)11(16)14-6-13-8/h4-6,12H,2-3H2,1H3,(H,13,14,16). The Hall–Kier alpha value is -2.09. The van der Waals surface area contributed by atoms with Gasteiger partial charge in [0.05, 0.1) is 22.2 Å². The van der Waals surface area contributed by atoms with Crippen molar-refractivity contribution in [1.82, 2.24) is 9.97 Å². The molecule has 2 N–H and O–H groups in total. The summed E-state index contributed by atoms with van der Waals surface area (Å²) in [5.74, 6) is 0.831. The molecule has 0 atom stereocenters. The topological polar surface area (TPSA) is 101 Å². The third-order valence-electron chi connectivity index (χ3n) is 2.58. The number of fused-ring (bicyclic) bond motifs is 1. The number of nitrogens with zero attached hydrogens (tertiary/aromatic N) is 2. The molecule has 0 amide bonds. The average molecular weight is 280 g/mol. The summed E-state index contributed by atoms with van der Waals surface area (Å²) in [6, 6.07) is 2.78. The summed E-state index contributed by atoms with van der Waals surface area (Å²) in [6.07, 6.45) is 3.24. The van der Waals surface area contributed by atoms with E-state index in [4.69, 9.17) is 0 Å². The molecule has 0 spiro atoms. The van der Waals surface area contributed by atoms with Crippen molar-refractivity contribution in [3.63, 3.8) is 0 Å². The van der Waals surface area contributed by atoms with E-state index < -0.39 is 4.92 Å². The minimum Gasteiger partial charge on any atom is -0.379 e. The fourth-order valence-electron chi connectivity index (χ4n) is 1.68. The highest BCUT2D eigenvalue weighted by Crippen LogP contribution is 2.27. The lowest BCUT2D eigenvalue weighted by Crippen LogP contribution is -2.10. The third-order valence-corrected chi connectivity index (χ3v) is 3.19. The summed E-state index contributed by atoms with van der Waals surface area (Å²) in [4.78, 5) is 28.5. The predicted octanol–water partition coefficient (Wildman–Crippen LogP) is 1.61. The summed E-state index contributed by atoms with van der Waals surface area (Å²) in [5.41, 5.74) is 0.307. The number of rotatable bonds is 5. The first-order chi connectivity index (χ1) is 9.13. The van der Waals surface area contributed by atoms with Crippen LogP contribution in [0.5, 0.6) is 0 Å². The zero-order chi connectivity index (χ0) is 13.8. The van der Waals surface area contributed by atoms with Crippen LogP contribution in [0.1, 0.15) is 0 Å². The molecule has 2 aromatic rings. The van der Waals surface area contributed by atoms with Gasteiger partial charge in [-0.3, -0.25) is 14.9 Å². The molecule has 0 saturated carbocycles. The van der Waals surface area contributed by atoms with Crippen LogP contribution < -0.4 is 10.9 Å². The molecular weight excluding hydrogens is 268 g/mol. The first-order valence-corrected chi connectivity index (χ1v) is 6.91. The molecular formula is C11H12N4O3S. The number of nitro benzene ring substituents is 1.